The van der Waals surface area contributed by atoms with Crippen molar-refractivity contribution in [2.45, 2.75) is 176 Å². The summed E-state index contributed by atoms with van der Waals surface area (Å²) in [4.78, 5) is 135. The topological polar surface area (TPSA) is 597 Å². The molecular formula is C52H94Cl2N6O25. The van der Waals surface area contributed by atoms with Gasteiger partial charge in [-0.25, -0.2) is 4.79 Å². The Balaban J connectivity index is -0.000000112. The molecule has 0 unspecified atom stereocenters. The molecule has 0 bridgehead atoms. The second kappa shape index (κ2) is 55.9. The first kappa shape index (κ1) is 96.9. The van der Waals surface area contributed by atoms with Gasteiger partial charge in [0.1, 0.15) is 23.9 Å². The van der Waals surface area contributed by atoms with Crippen LogP contribution >= 0.6 is 24.0 Å². The van der Waals surface area contributed by atoms with Crippen molar-refractivity contribution in [3.63, 3.8) is 0 Å². The number of cyclic esters (lactones) is 1. The summed E-state index contributed by atoms with van der Waals surface area (Å²) in [6, 6.07) is 7.53. The number of carbonyl (C=O) groups is 13. The van der Waals surface area contributed by atoms with E-state index in [0.717, 1.165) is 12.7 Å². The molecule has 22 N–H and O–H groups in total. The molecule has 85 heavy (non-hydrogen) atoms. The Morgan fingerprint density at radius 2 is 0.929 bits per heavy atom. The van der Waals surface area contributed by atoms with Gasteiger partial charge in [-0.2, -0.15) is 0 Å². The molecule has 496 valence electrons. The van der Waals surface area contributed by atoms with Crippen LogP contribution in [0.5, 0.6) is 0 Å². The SMILES string of the molecule is CC(C)(C)OC(=O)CC[C@H](N)C(N)=O.CO.C[C@@H](CCC(=O)O)C(=O)O.C[C@@H](CCC(=O)O)C(N)=O.C[C@@H](CCC(=O)OC(C)(C)C)C(N)=O.Cl.N.N[C@@H](CCC(=O)O)C(=O)O.O.O=C(Cl)OCc1ccccc1.O=C(O)CC[C@@H]1CCOC1=O. The van der Waals surface area contributed by atoms with Crippen LogP contribution in [0, 0.1) is 23.7 Å². The largest absolute Gasteiger partial charge is 0.481 e. The number of hydrogen-bond donors (Lipinski definition) is 13. The zero-order valence-electron chi connectivity index (χ0n) is 49.9. The van der Waals surface area contributed by atoms with Crippen LogP contribution in [0.15, 0.2) is 30.3 Å². The third kappa shape index (κ3) is 74.7. The highest BCUT2D eigenvalue weighted by Crippen LogP contribution is 2.19. The van der Waals surface area contributed by atoms with Crippen molar-refractivity contribution in [2.75, 3.05) is 13.7 Å². The second-order valence-electron chi connectivity index (χ2n) is 19.4. The molecule has 1 aliphatic rings. The Bertz CT molecular complexity index is 1980. The molecule has 1 fully saturated rings. The lowest BCUT2D eigenvalue weighted by Gasteiger charge is -2.19. The monoisotopic (exact) mass is 1270 g/mol. The molecule has 2 rings (SSSR count). The summed E-state index contributed by atoms with van der Waals surface area (Å²) < 4.78 is 19.3. The average molecular weight is 1270 g/mol. The number of aliphatic carboxylic acids is 6. The van der Waals surface area contributed by atoms with Crippen LogP contribution in [0.1, 0.15) is 151 Å². The standard InChI is InChI=1S/C10H19NO3.C9H18N2O3.C8H7ClO2.C7H10O4.C6H11NO3.C6H10O4.C5H9NO4.CH4O.ClH.H3N.H2O/c1-7(9(11)13)5-6-8(12)14-10(2,3)4;1-9(2,3)14-7(12)5-4-6(10)8(11)13;9-8(10)11-6-7-4-2-1-3-5-7;8-6(9)2-1-5-3-4-11-7(5)10;1-4(6(7)10)2-3-5(8)9;1-4(6(9)10)2-3-5(7)8;6-3(5(9)10)1-2-4(7)8;1-2;;;/h7H,5-6H2,1-4H3,(H2,11,13);6H,4-5,10H2,1-3H3,(H2,11,13);1-5H,6H2;5H,1-4H2,(H,8,9);4H,2-3H2,1H3,(H2,7,10)(H,8,9);4H,2-3H2,1H3,(H,7,8)(H,9,10);3H,1-2,6H2,(H,7,8)(H,9,10);2H,1H3;1H;1H3;1H2/t7-;6-;;5-;2*4-;3-;;;;/m00.1000..../s1. The van der Waals surface area contributed by atoms with Crippen LogP contribution in [0.4, 0.5) is 4.79 Å². The van der Waals surface area contributed by atoms with Gasteiger partial charge < -0.3 is 95.0 Å². The van der Waals surface area contributed by atoms with Crippen molar-refractivity contribution in [3.05, 3.63) is 35.9 Å². The third-order valence-corrected chi connectivity index (χ3v) is 9.66. The number of benzene rings is 1. The number of aliphatic hydroxyl groups excluding tert-OH is 1. The predicted octanol–water partition coefficient (Wildman–Crippen LogP) is 3.30. The van der Waals surface area contributed by atoms with Crippen LogP contribution in [0.3, 0.4) is 0 Å². The van der Waals surface area contributed by atoms with Crippen LogP contribution in [-0.2, 0) is 83.1 Å². The van der Waals surface area contributed by atoms with Crippen LogP contribution in [-0.4, -0.2) is 155 Å². The van der Waals surface area contributed by atoms with Crippen molar-refractivity contribution >= 4 is 101 Å². The number of carboxylic acids is 6. The average Bonchev–Trinajstić information content (AvgIpc) is 3.78. The first-order valence-corrected chi connectivity index (χ1v) is 25.6. The first-order valence-electron chi connectivity index (χ1n) is 25.2. The van der Waals surface area contributed by atoms with Crippen molar-refractivity contribution in [1.82, 2.24) is 6.15 Å². The summed E-state index contributed by atoms with van der Waals surface area (Å²) in [7, 11) is 1.00. The van der Waals surface area contributed by atoms with E-state index < -0.39 is 82.3 Å². The van der Waals surface area contributed by atoms with E-state index >= 15 is 0 Å². The number of hydrogen-bond acceptors (Lipinski definition) is 21. The lowest BCUT2D eigenvalue weighted by Crippen LogP contribution is -2.37. The van der Waals surface area contributed by atoms with E-state index in [9.17, 15) is 62.3 Å². The van der Waals surface area contributed by atoms with E-state index in [1.807, 2.05) is 51.1 Å². The van der Waals surface area contributed by atoms with Crippen LogP contribution < -0.4 is 34.8 Å². The molecule has 1 saturated heterocycles. The lowest BCUT2D eigenvalue weighted by molar-refractivity contribution is -0.156. The Labute approximate surface area is 505 Å². The number of rotatable bonds is 25. The number of amides is 3. The summed E-state index contributed by atoms with van der Waals surface area (Å²) in [5, 5.41) is 56.2. The van der Waals surface area contributed by atoms with E-state index in [-0.39, 0.29) is 130 Å². The Hall–Kier alpha value is -7.29. The molecule has 31 nitrogen and oxygen atoms in total. The number of ether oxygens (including phenoxy) is 4. The molecule has 1 heterocycles. The van der Waals surface area contributed by atoms with E-state index in [1.165, 1.54) is 6.92 Å². The maximum Gasteiger partial charge on any atom is 0.404 e. The summed E-state index contributed by atoms with van der Waals surface area (Å²) in [5.41, 5.74) is 24.4. The molecule has 0 saturated carbocycles. The highest BCUT2D eigenvalue weighted by Gasteiger charge is 2.26. The van der Waals surface area contributed by atoms with Gasteiger partial charge >= 0.3 is 59.2 Å². The number of carbonyl (C=O) groups excluding carboxylic acids is 7. The Morgan fingerprint density at radius 1 is 0.576 bits per heavy atom. The lowest BCUT2D eigenvalue weighted by atomic mass is 10.0. The number of esters is 3. The number of halogens is 2. The smallest absolute Gasteiger partial charge is 0.404 e. The third-order valence-electron chi connectivity index (χ3n) is 9.55. The van der Waals surface area contributed by atoms with E-state index in [0.29, 0.717) is 32.3 Å². The van der Waals surface area contributed by atoms with Gasteiger partial charge in [-0.05, 0) is 92.1 Å². The van der Waals surface area contributed by atoms with Crippen molar-refractivity contribution in [3.8, 4) is 0 Å². The summed E-state index contributed by atoms with van der Waals surface area (Å²) in [6.07, 6.45) is 2.39. The summed E-state index contributed by atoms with van der Waals surface area (Å²) >= 11 is 4.97. The molecule has 3 amide bonds. The van der Waals surface area contributed by atoms with Gasteiger partial charge in [0.15, 0.2) is 0 Å². The van der Waals surface area contributed by atoms with Gasteiger partial charge in [0.05, 0.1) is 24.5 Å². The fourth-order valence-electron chi connectivity index (χ4n) is 4.84. The molecule has 0 spiro atoms. The molecule has 1 aliphatic heterocycles. The maximum absolute atomic E-state index is 11.2. The Kier molecular flexibility index (Phi) is 63.7. The highest BCUT2D eigenvalue weighted by molar-refractivity contribution is 6.61. The minimum absolute atomic E-state index is 0. The first-order chi connectivity index (χ1) is 37.5. The van der Waals surface area contributed by atoms with Crippen molar-refractivity contribution < 1.29 is 122 Å². The highest BCUT2D eigenvalue weighted by atomic mass is 35.5. The molecule has 0 aromatic heterocycles. The molecule has 1 aromatic carbocycles. The van der Waals surface area contributed by atoms with Gasteiger partial charge in [0.25, 0.3) is 0 Å². The minimum atomic E-state index is -1.17. The van der Waals surface area contributed by atoms with E-state index in [4.69, 9.17) is 85.5 Å². The number of aliphatic hydroxyl groups is 1. The molecule has 6 atom stereocenters. The van der Waals surface area contributed by atoms with E-state index in [1.54, 1.807) is 34.6 Å². The number of nitrogens with two attached hydrogens (primary N) is 5. The zero-order valence-corrected chi connectivity index (χ0v) is 51.5. The van der Waals surface area contributed by atoms with Crippen molar-refractivity contribution in [1.29, 1.82) is 0 Å². The quantitative estimate of drug-likeness (QED) is 0.0379. The normalized spacial score (nSPS) is 13.1. The number of carboxylic acid groups (broad SMARTS) is 6. The minimum Gasteiger partial charge on any atom is -0.481 e. The van der Waals surface area contributed by atoms with Gasteiger partial charge in [-0.3, -0.25) is 57.5 Å². The predicted molar refractivity (Wildman–Crippen MR) is 310 cm³/mol. The Morgan fingerprint density at radius 3 is 1.24 bits per heavy atom. The van der Waals surface area contributed by atoms with Gasteiger partial charge in [-0.1, -0.05) is 51.1 Å². The molecular weight excluding hydrogens is 1180 g/mol. The van der Waals surface area contributed by atoms with Gasteiger partial charge in [0.2, 0.25) is 17.7 Å². The van der Waals surface area contributed by atoms with Crippen LogP contribution in [0.25, 0.3) is 0 Å². The fraction of sp³-hybridized carbons (Fsp3) is 0.635. The molecule has 0 aliphatic carbocycles. The van der Waals surface area contributed by atoms with Gasteiger partial charge in [-0.15, -0.1) is 12.4 Å². The number of primary amides is 3. The zero-order chi connectivity index (χ0) is 65.5. The van der Waals surface area contributed by atoms with E-state index in [2.05, 4.69) is 9.47 Å². The second-order valence-corrected chi connectivity index (χ2v) is 19.8. The van der Waals surface area contributed by atoms with Gasteiger partial charge in [0, 0.05) is 69.1 Å². The summed E-state index contributed by atoms with van der Waals surface area (Å²) in [5.74, 6) is -9.51. The summed E-state index contributed by atoms with van der Waals surface area (Å²) in [6.45, 7) is 16.2. The maximum atomic E-state index is 11.2. The molecule has 33 heteroatoms. The molecule has 0 radical (unpaired) electrons. The van der Waals surface area contributed by atoms with Crippen LogP contribution in [0.2, 0.25) is 0 Å². The molecule has 1 aromatic rings. The van der Waals surface area contributed by atoms with Crippen molar-refractivity contribution in [2.24, 2.45) is 52.3 Å². The fourth-order valence-corrected chi connectivity index (χ4v) is 4.89.